The SMILES string of the molecule is CCCCCCOC(=O)[C@H](C)NP(=O)(OC[C@@H]1C[C@H](O)[C@H](n2cnc3c(N)nc(F)nc32)O1)Oc1ccccc1. The summed E-state index contributed by atoms with van der Waals surface area (Å²) < 4.78 is 51.4. The van der Waals surface area contributed by atoms with Crippen molar-refractivity contribution >= 4 is 30.7 Å². The van der Waals surface area contributed by atoms with E-state index in [0.717, 1.165) is 25.7 Å². The number of nitrogens with zero attached hydrogens (tertiary/aromatic N) is 4. The fourth-order valence-electron chi connectivity index (χ4n) is 4.19. The third-order valence-electron chi connectivity index (χ3n) is 6.21. The third kappa shape index (κ3) is 7.52. The summed E-state index contributed by atoms with van der Waals surface area (Å²) >= 11 is 0. The number of imidazole rings is 1. The normalized spacial score (nSPS) is 21.2. The van der Waals surface area contributed by atoms with Crippen molar-refractivity contribution in [3.8, 4) is 5.75 Å². The van der Waals surface area contributed by atoms with Crippen LogP contribution >= 0.6 is 7.75 Å². The molecule has 0 amide bonds. The van der Waals surface area contributed by atoms with Gasteiger partial charge in [-0.25, -0.2) is 9.55 Å². The average Bonchev–Trinajstić information content (AvgIpc) is 3.50. The molecule has 1 aromatic carbocycles. The maximum atomic E-state index is 13.8. The first-order valence-electron chi connectivity index (χ1n) is 13.1. The van der Waals surface area contributed by atoms with Crippen LogP contribution < -0.4 is 15.3 Å². The molecule has 4 rings (SSSR count). The van der Waals surface area contributed by atoms with Gasteiger partial charge in [-0.05, 0) is 25.5 Å². The van der Waals surface area contributed by atoms with Crippen molar-refractivity contribution in [2.45, 2.75) is 70.4 Å². The average molecular weight is 581 g/mol. The van der Waals surface area contributed by atoms with E-state index in [2.05, 4.69) is 27.0 Å². The number of nitrogens with two attached hydrogens (primary N) is 1. The molecule has 5 atom stereocenters. The Balaban J connectivity index is 1.41. The predicted octanol–water partition coefficient (Wildman–Crippen LogP) is 3.50. The zero-order valence-corrected chi connectivity index (χ0v) is 23.2. The lowest BCUT2D eigenvalue weighted by molar-refractivity contribution is -0.145. The number of hydrogen-bond donors (Lipinski definition) is 3. The fraction of sp³-hybridized carbons (Fsp3) is 0.520. The Hall–Kier alpha value is -3.16. The van der Waals surface area contributed by atoms with Crippen molar-refractivity contribution in [3.05, 3.63) is 42.7 Å². The summed E-state index contributed by atoms with van der Waals surface area (Å²) in [7, 11) is -4.12. The monoisotopic (exact) mass is 580 g/mol. The lowest BCUT2D eigenvalue weighted by Crippen LogP contribution is -2.35. The molecule has 1 aliphatic heterocycles. The van der Waals surface area contributed by atoms with Gasteiger partial charge in [-0.15, -0.1) is 0 Å². The minimum atomic E-state index is -4.12. The molecule has 4 N–H and O–H groups in total. The molecule has 1 saturated heterocycles. The molecule has 40 heavy (non-hydrogen) atoms. The van der Waals surface area contributed by atoms with Crippen LogP contribution in [0, 0.1) is 6.08 Å². The number of halogens is 1. The first-order chi connectivity index (χ1) is 19.2. The van der Waals surface area contributed by atoms with Crippen LogP contribution in [0.25, 0.3) is 11.2 Å². The van der Waals surface area contributed by atoms with E-state index in [1.54, 1.807) is 30.3 Å². The Bertz CT molecular complexity index is 1330. The van der Waals surface area contributed by atoms with E-state index in [9.17, 15) is 18.9 Å². The Kier molecular flexibility index (Phi) is 10.0. The minimum Gasteiger partial charge on any atom is -0.465 e. The van der Waals surface area contributed by atoms with Gasteiger partial charge in [0.25, 0.3) is 0 Å². The van der Waals surface area contributed by atoms with Crippen LogP contribution in [0.1, 0.15) is 52.2 Å². The van der Waals surface area contributed by atoms with Gasteiger partial charge in [0.15, 0.2) is 23.2 Å². The number of anilines is 1. The van der Waals surface area contributed by atoms with Crippen LogP contribution in [0.2, 0.25) is 0 Å². The van der Waals surface area contributed by atoms with E-state index in [4.69, 9.17) is 24.3 Å². The van der Waals surface area contributed by atoms with Crippen molar-refractivity contribution in [2.24, 2.45) is 0 Å². The highest BCUT2D eigenvalue weighted by atomic mass is 31.2. The number of aliphatic hydroxyl groups is 1. The van der Waals surface area contributed by atoms with Crippen LogP contribution in [0.4, 0.5) is 10.2 Å². The number of nitrogen functional groups attached to an aromatic ring is 1. The Labute approximate surface area is 230 Å². The Morgan fingerprint density at radius 3 is 2.83 bits per heavy atom. The van der Waals surface area contributed by atoms with E-state index in [0.29, 0.717) is 0 Å². The van der Waals surface area contributed by atoms with Gasteiger partial charge in [0.05, 0.1) is 25.6 Å². The van der Waals surface area contributed by atoms with Gasteiger partial charge in [0.1, 0.15) is 17.9 Å². The summed E-state index contributed by atoms with van der Waals surface area (Å²) in [6.07, 6.45) is 1.38. The molecule has 15 heteroatoms. The van der Waals surface area contributed by atoms with Crippen molar-refractivity contribution in [3.63, 3.8) is 0 Å². The number of rotatable bonds is 14. The largest absolute Gasteiger partial charge is 0.465 e. The zero-order valence-electron chi connectivity index (χ0n) is 22.3. The van der Waals surface area contributed by atoms with Crippen LogP contribution in [-0.4, -0.2) is 62.1 Å². The number of ether oxygens (including phenoxy) is 2. The van der Waals surface area contributed by atoms with E-state index in [1.165, 1.54) is 17.8 Å². The highest BCUT2D eigenvalue weighted by Gasteiger charge is 2.39. The highest BCUT2D eigenvalue weighted by molar-refractivity contribution is 7.52. The van der Waals surface area contributed by atoms with Crippen LogP contribution in [-0.2, 0) is 23.4 Å². The molecule has 13 nitrogen and oxygen atoms in total. The topological polar surface area (TPSA) is 173 Å². The highest BCUT2D eigenvalue weighted by Crippen LogP contribution is 2.46. The van der Waals surface area contributed by atoms with Gasteiger partial charge < -0.3 is 24.8 Å². The zero-order chi connectivity index (χ0) is 28.7. The molecular formula is C25H34FN6O7P. The Morgan fingerprint density at radius 1 is 1.30 bits per heavy atom. The second-order valence-electron chi connectivity index (χ2n) is 9.43. The van der Waals surface area contributed by atoms with Crippen molar-refractivity contribution in [1.29, 1.82) is 0 Å². The third-order valence-corrected chi connectivity index (χ3v) is 7.85. The first kappa shape index (κ1) is 29.8. The number of carbonyl (C=O) groups is 1. The number of carbonyl (C=O) groups excluding carboxylic acids is 1. The number of aromatic nitrogens is 4. The summed E-state index contributed by atoms with van der Waals surface area (Å²) in [5.74, 6) is -0.481. The molecule has 0 spiro atoms. The van der Waals surface area contributed by atoms with Gasteiger partial charge in [0.2, 0.25) is 0 Å². The number of aliphatic hydroxyl groups excluding tert-OH is 1. The first-order valence-corrected chi connectivity index (χ1v) is 14.7. The van der Waals surface area contributed by atoms with Gasteiger partial charge in [-0.3, -0.25) is 13.9 Å². The number of hydrogen-bond acceptors (Lipinski definition) is 11. The van der Waals surface area contributed by atoms with E-state index >= 15 is 0 Å². The summed E-state index contributed by atoms with van der Waals surface area (Å²) in [6, 6.07) is 7.35. The molecule has 0 aliphatic carbocycles. The van der Waals surface area contributed by atoms with E-state index in [-0.39, 0.29) is 42.4 Å². The molecule has 1 aliphatic rings. The van der Waals surface area contributed by atoms with E-state index < -0.39 is 44.3 Å². The predicted molar refractivity (Wildman–Crippen MR) is 143 cm³/mol. The van der Waals surface area contributed by atoms with Gasteiger partial charge >= 0.3 is 19.8 Å². The molecular weight excluding hydrogens is 546 g/mol. The maximum absolute atomic E-state index is 13.8. The van der Waals surface area contributed by atoms with Gasteiger partial charge in [0, 0.05) is 6.42 Å². The second-order valence-corrected chi connectivity index (χ2v) is 11.1. The smallest absolute Gasteiger partial charge is 0.459 e. The molecule has 1 unspecified atom stereocenters. The molecule has 3 heterocycles. The summed E-state index contributed by atoms with van der Waals surface area (Å²) in [5, 5.41) is 13.3. The summed E-state index contributed by atoms with van der Waals surface area (Å²) in [6.45, 7) is 3.59. The quantitative estimate of drug-likeness (QED) is 0.110. The Morgan fingerprint density at radius 2 is 2.08 bits per heavy atom. The van der Waals surface area contributed by atoms with Gasteiger partial charge in [-0.2, -0.15) is 19.4 Å². The summed E-state index contributed by atoms with van der Waals surface area (Å²) in [5.41, 5.74) is 5.94. The molecule has 1 fully saturated rings. The van der Waals surface area contributed by atoms with Crippen molar-refractivity contribution in [2.75, 3.05) is 18.9 Å². The molecule has 2 aromatic heterocycles. The van der Waals surface area contributed by atoms with Crippen molar-refractivity contribution < 1.29 is 37.4 Å². The van der Waals surface area contributed by atoms with Crippen LogP contribution in [0.3, 0.4) is 0 Å². The number of para-hydroxylation sites is 1. The molecule has 0 saturated carbocycles. The number of esters is 1. The second kappa shape index (κ2) is 13.5. The maximum Gasteiger partial charge on any atom is 0.459 e. The molecule has 3 aromatic rings. The van der Waals surface area contributed by atoms with Crippen LogP contribution in [0.5, 0.6) is 5.75 Å². The number of benzene rings is 1. The number of unbranched alkanes of at least 4 members (excludes halogenated alkanes) is 3. The molecule has 218 valence electrons. The van der Waals surface area contributed by atoms with E-state index in [1.807, 2.05) is 0 Å². The van der Waals surface area contributed by atoms with Crippen molar-refractivity contribution in [1.82, 2.24) is 24.6 Å². The fourth-order valence-corrected chi connectivity index (χ4v) is 5.71. The van der Waals surface area contributed by atoms with Crippen LogP contribution in [0.15, 0.2) is 36.7 Å². The standard InChI is InChI=1S/C25H34FN6O7P/c1-3-4-5-9-12-36-24(34)16(2)31-40(35,39-17-10-7-6-8-11-17)37-14-18-13-19(33)23(38-18)32-15-28-20-21(27)29-25(26)30-22(20)32/h6-8,10-11,15-16,18-19,23,33H,3-5,9,12-14H2,1-2H3,(H,31,35)(H2,27,29,30)/t16-,18-,19-,23+,40?/m0/s1. The molecule has 0 radical (unpaired) electrons. The minimum absolute atomic E-state index is 0.0531. The lowest BCUT2D eigenvalue weighted by atomic mass is 10.2. The molecule has 0 bridgehead atoms. The summed E-state index contributed by atoms with van der Waals surface area (Å²) in [4.78, 5) is 23.8. The van der Waals surface area contributed by atoms with Gasteiger partial charge in [-0.1, -0.05) is 44.4 Å². The lowest BCUT2D eigenvalue weighted by Gasteiger charge is -2.24. The number of nitrogens with one attached hydrogen (secondary N) is 1. The number of fused-ring (bicyclic) bond motifs is 1.